The summed E-state index contributed by atoms with van der Waals surface area (Å²) in [5.41, 5.74) is 5.12. The van der Waals surface area contributed by atoms with E-state index in [1.165, 1.54) is 11.3 Å². The van der Waals surface area contributed by atoms with Crippen molar-refractivity contribution in [1.29, 1.82) is 0 Å². The molecule has 0 spiro atoms. The zero-order valence-electron chi connectivity index (χ0n) is 24.0. The van der Waals surface area contributed by atoms with Crippen molar-refractivity contribution in [2.24, 2.45) is 4.99 Å². The molecule has 0 bridgehead atoms. The van der Waals surface area contributed by atoms with E-state index in [0.717, 1.165) is 29.1 Å². The number of methoxy groups -OCH3 is 1. The van der Waals surface area contributed by atoms with Crippen LogP contribution < -0.4 is 19.6 Å². The van der Waals surface area contributed by atoms with Crippen LogP contribution in [0.2, 0.25) is 10.0 Å². The molecule has 3 heterocycles. The third kappa shape index (κ3) is 5.46. The number of benzene rings is 2. The number of aryl methyl sites for hydroxylation is 1. The summed E-state index contributed by atoms with van der Waals surface area (Å²) in [6.45, 7) is 8.00. The highest BCUT2D eigenvalue weighted by molar-refractivity contribution is 7.07. The molecule has 1 aliphatic heterocycles. The maximum atomic E-state index is 14.2. The molecule has 2 aromatic heterocycles. The second-order valence-corrected chi connectivity index (χ2v) is 11.8. The first-order valence-corrected chi connectivity index (χ1v) is 15.3. The van der Waals surface area contributed by atoms with Gasteiger partial charge in [-0.15, -0.1) is 0 Å². The van der Waals surface area contributed by atoms with Gasteiger partial charge in [-0.05, 0) is 87.4 Å². The first kappa shape index (κ1) is 29.9. The van der Waals surface area contributed by atoms with Gasteiger partial charge in [-0.3, -0.25) is 9.36 Å². The third-order valence-corrected chi connectivity index (χ3v) is 8.69. The molecule has 7 nitrogen and oxygen atoms in total. The van der Waals surface area contributed by atoms with Crippen molar-refractivity contribution in [1.82, 2.24) is 9.13 Å². The van der Waals surface area contributed by atoms with E-state index >= 15 is 0 Å². The highest BCUT2D eigenvalue weighted by Crippen LogP contribution is 2.38. The Morgan fingerprint density at radius 3 is 2.45 bits per heavy atom. The van der Waals surface area contributed by atoms with Crippen LogP contribution in [-0.4, -0.2) is 28.8 Å². The molecule has 2 aromatic carbocycles. The second kappa shape index (κ2) is 12.3. The van der Waals surface area contributed by atoms with Gasteiger partial charge >= 0.3 is 5.97 Å². The molecule has 42 heavy (non-hydrogen) atoms. The largest absolute Gasteiger partial charge is 0.496 e. The molecule has 0 amide bonds. The van der Waals surface area contributed by atoms with E-state index in [1.54, 1.807) is 36.8 Å². The predicted octanol–water partition coefficient (Wildman–Crippen LogP) is 6.30. The molecule has 0 aliphatic carbocycles. The number of aromatic nitrogens is 2. The SMILES string of the molecule is CCCC1=C(C(=O)OCC)[C@@H](c2cc(Cl)ccc2OC)n2c(s/c(=C/c3cc(C)n(-c4ccc(Cl)cc4)c3C)c2=O)=N1. The van der Waals surface area contributed by atoms with Gasteiger partial charge in [0.1, 0.15) is 11.8 Å². The number of esters is 1. The summed E-state index contributed by atoms with van der Waals surface area (Å²) in [5, 5.41) is 1.12. The van der Waals surface area contributed by atoms with Gasteiger partial charge in [0.25, 0.3) is 5.56 Å². The van der Waals surface area contributed by atoms with E-state index in [2.05, 4.69) is 4.57 Å². The summed E-state index contributed by atoms with van der Waals surface area (Å²) in [6, 6.07) is 14.0. The zero-order valence-corrected chi connectivity index (χ0v) is 26.4. The van der Waals surface area contributed by atoms with Gasteiger partial charge < -0.3 is 14.0 Å². The Balaban J connectivity index is 1.76. The molecule has 1 atom stereocenters. The molecule has 218 valence electrons. The lowest BCUT2D eigenvalue weighted by Gasteiger charge is -2.27. The summed E-state index contributed by atoms with van der Waals surface area (Å²) in [7, 11) is 1.55. The maximum Gasteiger partial charge on any atom is 0.338 e. The Labute approximate surface area is 258 Å². The average molecular weight is 625 g/mol. The van der Waals surface area contributed by atoms with Crippen LogP contribution in [0.5, 0.6) is 5.75 Å². The zero-order chi connectivity index (χ0) is 30.1. The number of halogens is 2. The Hall–Kier alpha value is -3.59. The lowest BCUT2D eigenvalue weighted by atomic mass is 9.93. The van der Waals surface area contributed by atoms with Gasteiger partial charge in [0.15, 0.2) is 4.80 Å². The van der Waals surface area contributed by atoms with Gasteiger partial charge in [-0.25, -0.2) is 9.79 Å². The van der Waals surface area contributed by atoms with Crippen molar-refractivity contribution in [3.63, 3.8) is 0 Å². The molecule has 10 heteroatoms. The van der Waals surface area contributed by atoms with Crippen molar-refractivity contribution in [3.8, 4) is 11.4 Å². The highest BCUT2D eigenvalue weighted by Gasteiger charge is 2.36. The molecule has 0 unspecified atom stereocenters. The van der Waals surface area contributed by atoms with Gasteiger partial charge in [0.2, 0.25) is 0 Å². The fourth-order valence-corrected chi connectivity index (χ4v) is 6.71. The minimum Gasteiger partial charge on any atom is -0.496 e. The number of fused-ring (bicyclic) bond motifs is 1. The van der Waals surface area contributed by atoms with Crippen LogP contribution in [0.15, 0.2) is 69.6 Å². The van der Waals surface area contributed by atoms with Crippen LogP contribution in [0.25, 0.3) is 11.8 Å². The van der Waals surface area contributed by atoms with Crippen molar-refractivity contribution < 1.29 is 14.3 Å². The van der Waals surface area contributed by atoms with Crippen LogP contribution in [-0.2, 0) is 9.53 Å². The summed E-state index contributed by atoms with van der Waals surface area (Å²) >= 11 is 13.8. The fourth-order valence-electron chi connectivity index (χ4n) is 5.40. The maximum absolute atomic E-state index is 14.2. The van der Waals surface area contributed by atoms with Crippen molar-refractivity contribution >= 4 is 46.6 Å². The molecule has 4 aromatic rings. The van der Waals surface area contributed by atoms with E-state index in [4.69, 9.17) is 37.7 Å². The number of thiazole rings is 1. The molecule has 0 radical (unpaired) electrons. The first-order chi connectivity index (χ1) is 20.2. The summed E-state index contributed by atoms with van der Waals surface area (Å²) in [6.07, 6.45) is 3.19. The summed E-state index contributed by atoms with van der Waals surface area (Å²) < 4.78 is 15.4. The van der Waals surface area contributed by atoms with Crippen LogP contribution in [0.1, 0.15) is 55.2 Å². The number of hydrogen-bond acceptors (Lipinski definition) is 6. The first-order valence-electron chi connectivity index (χ1n) is 13.7. The van der Waals surface area contributed by atoms with E-state index in [0.29, 0.717) is 48.4 Å². The standard InChI is InChI=1S/C32H31Cl2N3O4S/c1-6-8-25-28(31(39)41-7-2)29(24-17-22(34)11-14-26(24)40-5)37-30(38)27(42-32(37)35-25)16-20-15-18(3)36(19(20)4)23-12-9-21(33)10-13-23/h9-17,29H,6-8H2,1-5H3/b27-16+/t29-/m1/s1. The average Bonchev–Trinajstić information content (AvgIpc) is 3.42. The van der Waals surface area contributed by atoms with Crippen molar-refractivity contribution in [2.45, 2.75) is 46.6 Å². The van der Waals surface area contributed by atoms with E-state index < -0.39 is 12.0 Å². The summed E-state index contributed by atoms with van der Waals surface area (Å²) in [4.78, 5) is 33.0. The number of nitrogens with zero attached hydrogens (tertiary/aromatic N) is 3. The number of carbonyl (C=O) groups is 1. The number of rotatable bonds is 8. The fraction of sp³-hybridized carbons (Fsp3) is 0.281. The number of allylic oxidation sites excluding steroid dienone is 1. The predicted molar refractivity (Wildman–Crippen MR) is 168 cm³/mol. The number of carbonyl (C=O) groups excluding carboxylic acids is 1. The molecule has 5 rings (SSSR count). The van der Waals surface area contributed by atoms with Gasteiger partial charge in [0.05, 0.1) is 29.5 Å². The van der Waals surface area contributed by atoms with E-state index in [-0.39, 0.29) is 12.2 Å². The summed E-state index contributed by atoms with van der Waals surface area (Å²) in [5.74, 6) is -0.0115. The topological polar surface area (TPSA) is 74.8 Å². The lowest BCUT2D eigenvalue weighted by Crippen LogP contribution is -2.40. The molecule has 1 aliphatic rings. The Morgan fingerprint density at radius 1 is 1.07 bits per heavy atom. The third-order valence-electron chi connectivity index (χ3n) is 7.22. The van der Waals surface area contributed by atoms with Crippen molar-refractivity contribution in [2.75, 3.05) is 13.7 Å². The van der Waals surface area contributed by atoms with Crippen LogP contribution in [0.4, 0.5) is 0 Å². The second-order valence-electron chi connectivity index (χ2n) is 9.94. The number of hydrogen-bond donors (Lipinski definition) is 0. The minimum atomic E-state index is -0.820. The van der Waals surface area contributed by atoms with Gasteiger partial charge in [0, 0.05) is 32.7 Å². The quantitative estimate of drug-likeness (QED) is 0.216. The molecule has 0 saturated carbocycles. The Kier molecular flexibility index (Phi) is 8.78. The number of ether oxygens (including phenoxy) is 2. The molecule has 0 N–H and O–H groups in total. The molecule has 0 fully saturated rings. The van der Waals surface area contributed by atoms with Crippen LogP contribution in [0, 0.1) is 13.8 Å². The van der Waals surface area contributed by atoms with Crippen LogP contribution >= 0.6 is 34.5 Å². The molecular formula is C32H31Cl2N3O4S. The van der Waals surface area contributed by atoms with E-state index in [9.17, 15) is 9.59 Å². The lowest BCUT2D eigenvalue weighted by molar-refractivity contribution is -0.139. The highest BCUT2D eigenvalue weighted by atomic mass is 35.5. The Bertz CT molecular complexity index is 1880. The Morgan fingerprint density at radius 2 is 1.79 bits per heavy atom. The van der Waals surface area contributed by atoms with Crippen LogP contribution in [0.3, 0.4) is 0 Å². The normalized spacial score (nSPS) is 15.0. The minimum absolute atomic E-state index is 0.189. The van der Waals surface area contributed by atoms with Gasteiger partial charge in [-0.1, -0.05) is 47.9 Å². The smallest absolute Gasteiger partial charge is 0.338 e. The van der Waals surface area contributed by atoms with E-state index in [1.807, 2.05) is 57.2 Å². The molecular weight excluding hydrogens is 593 g/mol. The van der Waals surface area contributed by atoms with Crippen molar-refractivity contribution in [3.05, 3.63) is 112 Å². The van der Waals surface area contributed by atoms with Gasteiger partial charge in [-0.2, -0.15) is 0 Å². The molecule has 0 saturated heterocycles. The monoisotopic (exact) mass is 623 g/mol.